The normalized spacial score (nSPS) is 11.8. The molecule has 0 aliphatic carbocycles. The van der Waals surface area contributed by atoms with Crippen molar-refractivity contribution in [1.82, 2.24) is 4.98 Å². The molecule has 2 nitrogen and oxygen atoms in total. The maximum atomic E-state index is 12.1. The average molecular weight is 292 g/mol. The van der Waals surface area contributed by atoms with Gasteiger partial charge >= 0.3 is 6.36 Å². The monoisotopic (exact) mass is 291 g/mol. The fraction of sp³-hybridized carbons (Fsp3) is 0.100. The molecule has 0 bridgehead atoms. The van der Waals surface area contributed by atoms with E-state index in [0.717, 1.165) is 0 Å². The summed E-state index contributed by atoms with van der Waals surface area (Å²) in [4.78, 5) is 3.87. The molecule has 0 N–H and O–H groups in total. The van der Waals surface area contributed by atoms with Crippen LogP contribution in [-0.2, 0) is 0 Å². The highest BCUT2D eigenvalue weighted by Gasteiger charge is 2.32. The lowest BCUT2D eigenvalue weighted by molar-refractivity contribution is -0.274. The van der Waals surface area contributed by atoms with Crippen LogP contribution in [0.25, 0.3) is 10.9 Å². The molecule has 0 aliphatic heterocycles. The molecule has 0 fully saturated rings. The van der Waals surface area contributed by atoms with Crippen molar-refractivity contribution in [2.45, 2.75) is 6.36 Å². The first kappa shape index (κ1) is 11.2. The Bertz CT molecular complexity index is 527. The van der Waals surface area contributed by atoms with E-state index in [-0.39, 0.29) is 11.3 Å². The Labute approximate surface area is 97.2 Å². The predicted octanol–water partition coefficient (Wildman–Crippen LogP) is 3.90. The first-order valence-electron chi connectivity index (χ1n) is 4.26. The molecule has 16 heavy (non-hydrogen) atoms. The fourth-order valence-electron chi connectivity index (χ4n) is 1.32. The number of alkyl halides is 3. The van der Waals surface area contributed by atoms with Crippen LogP contribution < -0.4 is 4.74 Å². The molecule has 1 aromatic heterocycles. The Morgan fingerprint density at radius 2 is 1.94 bits per heavy atom. The summed E-state index contributed by atoms with van der Waals surface area (Å²) in [5.74, 6) is -0.300. The third-order valence-corrected chi connectivity index (χ3v) is 2.60. The zero-order chi connectivity index (χ0) is 11.8. The maximum Gasteiger partial charge on any atom is 0.573 e. The summed E-state index contributed by atoms with van der Waals surface area (Å²) in [6.45, 7) is 0. The molecule has 6 heteroatoms. The maximum absolute atomic E-state index is 12.1. The lowest BCUT2D eigenvalue weighted by Gasteiger charge is -2.11. The van der Waals surface area contributed by atoms with E-state index in [2.05, 4.69) is 25.7 Å². The number of ether oxygens (including phenoxy) is 1. The molecule has 0 saturated carbocycles. The second-order valence-electron chi connectivity index (χ2n) is 2.99. The molecule has 1 aromatic carbocycles. The minimum absolute atomic E-state index is 0.175. The summed E-state index contributed by atoms with van der Waals surface area (Å²) >= 11 is 3.23. The number of hydrogen-bond acceptors (Lipinski definition) is 2. The van der Waals surface area contributed by atoms with E-state index >= 15 is 0 Å². The van der Waals surface area contributed by atoms with Crippen LogP contribution in [0.2, 0.25) is 0 Å². The van der Waals surface area contributed by atoms with Crippen LogP contribution in [-0.4, -0.2) is 11.3 Å². The molecule has 0 radical (unpaired) electrons. The van der Waals surface area contributed by atoms with Crippen molar-refractivity contribution in [3.05, 3.63) is 34.9 Å². The first-order valence-corrected chi connectivity index (χ1v) is 5.06. The van der Waals surface area contributed by atoms with Crippen LogP contribution >= 0.6 is 15.9 Å². The van der Waals surface area contributed by atoms with Gasteiger partial charge in [0.1, 0.15) is 5.52 Å². The van der Waals surface area contributed by atoms with Crippen LogP contribution in [0, 0.1) is 0 Å². The van der Waals surface area contributed by atoms with Gasteiger partial charge in [-0.2, -0.15) is 0 Å². The van der Waals surface area contributed by atoms with Gasteiger partial charge in [0.15, 0.2) is 5.75 Å². The Morgan fingerprint density at radius 1 is 1.19 bits per heavy atom. The van der Waals surface area contributed by atoms with E-state index in [1.54, 1.807) is 12.1 Å². The summed E-state index contributed by atoms with van der Waals surface area (Å²) < 4.78 is 40.9. The second-order valence-corrected chi connectivity index (χ2v) is 3.85. The van der Waals surface area contributed by atoms with Crippen molar-refractivity contribution in [3.63, 3.8) is 0 Å². The van der Waals surface area contributed by atoms with Gasteiger partial charge in [-0.3, -0.25) is 4.98 Å². The van der Waals surface area contributed by atoms with Crippen LogP contribution in [0.5, 0.6) is 5.75 Å². The quantitative estimate of drug-likeness (QED) is 0.795. The lowest BCUT2D eigenvalue weighted by Crippen LogP contribution is -2.17. The van der Waals surface area contributed by atoms with Gasteiger partial charge in [-0.25, -0.2) is 0 Å². The Morgan fingerprint density at radius 3 is 2.62 bits per heavy atom. The summed E-state index contributed by atoms with van der Waals surface area (Å²) in [7, 11) is 0. The van der Waals surface area contributed by atoms with E-state index in [1.807, 2.05) is 0 Å². The van der Waals surface area contributed by atoms with Gasteiger partial charge < -0.3 is 4.74 Å². The number of halogens is 4. The Balaban J connectivity index is 2.59. The van der Waals surface area contributed by atoms with E-state index < -0.39 is 6.36 Å². The topological polar surface area (TPSA) is 22.1 Å². The first-order chi connectivity index (χ1) is 7.47. The second kappa shape index (κ2) is 3.93. The van der Waals surface area contributed by atoms with Crippen molar-refractivity contribution in [1.29, 1.82) is 0 Å². The molecule has 2 aromatic rings. The Hall–Kier alpha value is -1.30. The van der Waals surface area contributed by atoms with Gasteiger partial charge in [0.25, 0.3) is 0 Å². The summed E-state index contributed by atoms with van der Waals surface area (Å²) in [6, 6.07) is 6.03. The number of aromatic nitrogens is 1. The van der Waals surface area contributed by atoms with Crippen LogP contribution in [0.4, 0.5) is 13.2 Å². The third kappa shape index (κ3) is 2.27. The van der Waals surface area contributed by atoms with Gasteiger partial charge in [-0.05, 0) is 18.2 Å². The highest BCUT2D eigenvalue weighted by molar-refractivity contribution is 9.10. The van der Waals surface area contributed by atoms with Gasteiger partial charge in [0.05, 0.1) is 0 Å². The number of nitrogens with zero attached hydrogens (tertiary/aromatic N) is 1. The molecule has 0 spiro atoms. The number of rotatable bonds is 1. The molecule has 0 amide bonds. The smallest absolute Gasteiger partial charge is 0.403 e. The van der Waals surface area contributed by atoms with Crippen molar-refractivity contribution in [2.24, 2.45) is 0 Å². The number of pyridine rings is 1. The molecule has 2 rings (SSSR count). The standard InChI is InChI=1S/C10H5BrF3NO/c11-7-3-4-8(16-10(12,13)14)9-6(7)2-1-5-15-9/h1-5H. The van der Waals surface area contributed by atoms with Gasteiger partial charge in [-0.15, -0.1) is 13.2 Å². The molecule has 0 atom stereocenters. The number of benzene rings is 1. The SMILES string of the molecule is FC(F)(F)Oc1ccc(Br)c2cccnc12. The largest absolute Gasteiger partial charge is 0.573 e. The van der Waals surface area contributed by atoms with E-state index in [1.165, 1.54) is 18.3 Å². The summed E-state index contributed by atoms with van der Waals surface area (Å²) in [6.07, 6.45) is -3.30. The zero-order valence-electron chi connectivity index (χ0n) is 7.75. The molecular formula is C10H5BrF3NO. The highest BCUT2D eigenvalue weighted by Crippen LogP contribution is 2.32. The molecule has 84 valence electrons. The van der Waals surface area contributed by atoms with Gasteiger partial charge in [0, 0.05) is 16.1 Å². The van der Waals surface area contributed by atoms with Crippen LogP contribution in [0.15, 0.2) is 34.9 Å². The molecule has 0 unspecified atom stereocenters. The summed E-state index contributed by atoms with van der Waals surface area (Å²) in [5.41, 5.74) is 0.175. The average Bonchev–Trinajstić information content (AvgIpc) is 2.21. The van der Waals surface area contributed by atoms with E-state index in [9.17, 15) is 13.2 Å². The molecule has 1 heterocycles. The lowest BCUT2D eigenvalue weighted by atomic mass is 10.2. The minimum Gasteiger partial charge on any atom is -0.403 e. The molecular weight excluding hydrogens is 287 g/mol. The van der Waals surface area contributed by atoms with Crippen molar-refractivity contribution in [3.8, 4) is 5.75 Å². The van der Waals surface area contributed by atoms with Crippen LogP contribution in [0.3, 0.4) is 0 Å². The minimum atomic E-state index is -4.71. The molecule has 0 aliphatic rings. The number of fused-ring (bicyclic) bond motifs is 1. The predicted molar refractivity (Wildman–Crippen MR) is 56.1 cm³/mol. The highest BCUT2D eigenvalue weighted by atomic mass is 79.9. The van der Waals surface area contributed by atoms with Crippen molar-refractivity contribution in [2.75, 3.05) is 0 Å². The molecule has 0 saturated heterocycles. The third-order valence-electron chi connectivity index (χ3n) is 1.91. The fourth-order valence-corrected chi connectivity index (χ4v) is 1.77. The number of hydrogen-bond donors (Lipinski definition) is 0. The van der Waals surface area contributed by atoms with E-state index in [0.29, 0.717) is 9.86 Å². The zero-order valence-corrected chi connectivity index (χ0v) is 9.34. The van der Waals surface area contributed by atoms with Crippen LogP contribution in [0.1, 0.15) is 0 Å². The van der Waals surface area contributed by atoms with E-state index in [4.69, 9.17) is 0 Å². The Kier molecular flexibility index (Phi) is 2.75. The van der Waals surface area contributed by atoms with Crippen molar-refractivity contribution >= 4 is 26.8 Å². The van der Waals surface area contributed by atoms with Gasteiger partial charge in [0.2, 0.25) is 0 Å². The van der Waals surface area contributed by atoms with Crippen molar-refractivity contribution < 1.29 is 17.9 Å². The summed E-state index contributed by atoms with van der Waals surface area (Å²) in [5, 5.41) is 0.573. The van der Waals surface area contributed by atoms with Gasteiger partial charge in [-0.1, -0.05) is 22.0 Å².